The maximum atomic E-state index is 14.8. The molecule has 5 aromatic rings. The number of ether oxygens (including phenoxy) is 1. The van der Waals surface area contributed by atoms with Crippen molar-refractivity contribution in [2.45, 2.75) is 103 Å². The van der Waals surface area contributed by atoms with Crippen LogP contribution in [0.2, 0.25) is 0 Å². The number of unbranched alkanes of at least 4 members (excludes halogenated alkanes) is 2. The van der Waals surface area contributed by atoms with Gasteiger partial charge in [0.05, 0.1) is 5.56 Å². The molecule has 0 saturated heterocycles. The minimum Gasteiger partial charge on any atom is -0.461 e. The number of para-hydroxylation sites is 1. The molecule has 5 rings (SSSR count). The highest BCUT2D eigenvalue weighted by Gasteiger charge is 2.32. The Morgan fingerprint density at radius 1 is 0.750 bits per heavy atom. The molecular formula is C47H56N4O5. The van der Waals surface area contributed by atoms with Crippen LogP contribution in [0.4, 0.5) is 0 Å². The lowest BCUT2D eigenvalue weighted by atomic mass is 9.97. The first-order chi connectivity index (χ1) is 27.2. The highest BCUT2D eigenvalue weighted by molar-refractivity contribution is 6.08. The molecule has 0 aliphatic carbocycles. The van der Waals surface area contributed by atoms with Gasteiger partial charge >= 0.3 is 5.97 Å². The van der Waals surface area contributed by atoms with Crippen LogP contribution in [0, 0.1) is 0 Å². The van der Waals surface area contributed by atoms with Crippen LogP contribution >= 0.6 is 0 Å². The summed E-state index contributed by atoms with van der Waals surface area (Å²) in [7, 11) is 0. The van der Waals surface area contributed by atoms with E-state index in [1.807, 2.05) is 103 Å². The van der Waals surface area contributed by atoms with Crippen molar-refractivity contribution in [3.63, 3.8) is 0 Å². The number of fused-ring (bicyclic) bond motifs is 1. The van der Waals surface area contributed by atoms with Gasteiger partial charge in [-0.25, -0.2) is 0 Å². The van der Waals surface area contributed by atoms with Crippen LogP contribution < -0.4 is 11.1 Å². The van der Waals surface area contributed by atoms with Gasteiger partial charge in [0.2, 0.25) is 11.8 Å². The van der Waals surface area contributed by atoms with E-state index in [2.05, 4.69) is 36.5 Å². The quantitative estimate of drug-likeness (QED) is 0.0690. The fourth-order valence-corrected chi connectivity index (χ4v) is 7.11. The molecule has 0 bridgehead atoms. The number of nitrogens with zero attached hydrogens (tertiary/aromatic N) is 2. The van der Waals surface area contributed by atoms with Crippen LogP contribution in [0.25, 0.3) is 10.9 Å². The monoisotopic (exact) mass is 756 g/mol. The van der Waals surface area contributed by atoms with E-state index in [0.29, 0.717) is 37.9 Å². The van der Waals surface area contributed by atoms with E-state index in [4.69, 9.17) is 10.5 Å². The van der Waals surface area contributed by atoms with Crippen molar-refractivity contribution < 1.29 is 23.9 Å². The predicted molar refractivity (Wildman–Crippen MR) is 222 cm³/mol. The zero-order chi connectivity index (χ0) is 39.7. The highest BCUT2D eigenvalue weighted by Crippen LogP contribution is 2.24. The molecule has 1 aromatic heterocycles. The number of hydrogen-bond acceptors (Lipinski definition) is 5. The number of hydrogen-bond donors (Lipinski definition) is 2. The molecule has 3 amide bonds. The molecule has 0 aliphatic heterocycles. The van der Waals surface area contributed by atoms with Gasteiger partial charge in [-0.15, -0.1) is 0 Å². The summed E-state index contributed by atoms with van der Waals surface area (Å²) in [5.74, 6) is -1.57. The molecular weight excluding hydrogens is 701 g/mol. The van der Waals surface area contributed by atoms with Crippen molar-refractivity contribution in [3.8, 4) is 0 Å². The van der Waals surface area contributed by atoms with E-state index < -0.39 is 18.0 Å². The predicted octanol–water partition coefficient (Wildman–Crippen LogP) is 8.16. The molecule has 0 fully saturated rings. The Labute approximate surface area is 331 Å². The number of rotatable bonds is 22. The molecule has 3 N–H and O–H groups in total. The minimum absolute atomic E-state index is 0.0213. The van der Waals surface area contributed by atoms with E-state index >= 15 is 0 Å². The molecule has 0 saturated carbocycles. The maximum Gasteiger partial charge on any atom is 0.306 e. The molecule has 0 unspecified atom stereocenters. The normalized spacial score (nSPS) is 12.2. The van der Waals surface area contributed by atoms with Crippen LogP contribution in [0.3, 0.4) is 0 Å². The van der Waals surface area contributed by atoms with E-state index in [1.54, 1.807) is 4.90 Å². The van der Waals surface area contributed by atoms with E-state index in [-0.39, 0.29) is 43.7 Å². The highest BCUT2D eigenvalue weighted by atomic mass is 16.5. The standard InChI is InChI=1S/C47H56N4O5/c1-3-5-16-35-25-27-36(28-26-35)30-39(31-44(48)52)51(29-6-4-2)47(55)42(22-15-24-45(53)56-34-38-19-11-8-12-20-38)49-46(54)41-33-50(32-37-17-9-7-10-18-37)43-23-14-13-21-40(41)43/h7-14,17-21,23,25-28,33,39,42H,3-6,15-16,22,24,29-32,34H2,1-2H3,(H2,48,52)(H,49,54)/t39-,42-/m0/s1. The van der Waals surface area contributed by atoms with Gasteiger partial charge in [0.1, 0.15) is 12.6 Å². The van der Waals surface area contributed by atoms with E-state index in [9.17, 15) is 19.2 Å². The number of nitrogens with two attached hydrogens (primary N) is 1. The van der Waals surface area contributed by atoms with E-state index in [1.165, 1.54) is 5.56 Å². The summed E-state index contributed by atoms with van der Waals surface area (Å²) in [6, 6.07) is 34.1. The number of benzene rings is 4. The van der Waals surface area contributed by atoms with Gasteiger partial charge in [-0.2, -0.15) is 0 Å². The third-order valence-corrected chi connectivity index (χ3v) is 10.2. The van der Waals surface area contributed by atoms with Crippen molar-refractivity contribution in [2.24, 2.45) is 5.73 Å². The smallest absolute Gasteiger partial charge is 0.306 e. The van der Waals surface area contributed by atoms with Crippen molar-refractivity contribution in [1.82, 2.24) is 14.8 Å². The summed E-state index contributed by atoms with van der Waals surface area (Å²) < 4.78 is 7.57. The number of carbonyl (C=O) groups is 4. The second-order valence-electron chi connectivity index (χ2n) is 14.6. The van der Waals surface area contributed by atoms with Gasteiger partial charge in [-0.1, -0.05) is 130 Å². The fraction of sp³-hybridized carbons (Fsp3) is 0.362. The SMILES string of the molecule is CCCCc1ccc(C[C@@H](CC(N)=O)N(CCCC)C(=O)[C@H](CCCC(=O)OCc2ccccc2)NC(=O)c2cn(Cc3ccccc3)c3ccccc23)cc1. The Morgan fingerprint density at radius 2 is 1.39 bits per heavy atom. The lowest BCUT2D eigenvalue weighted by Crippen LogP contribution is -2.53. The first kappa shape index (κ1) is 41.5. The molecule has 0 aliphatic rings. The lowest BCUT2D eigenvalue weighted by molar-refractivity contribution is -0.145. The van der Waals surface area contributed by atoms with Gasteiger partial charge in [0.15, 0.2) is 0 Å². The van der Waals surface area contributed by atoms with Crippen LogP contribution in [-0.4, -0.2) is 51.8 Å². The van der Waals surface area contributed by atoms with Crippen molar-refractivity contribution in [3.05, 3.63) is 143 Å². The van der Waals surface area contributed by atoms with Gasteiger partial charge < -0.3 is 25.3 Å². The van der Waals surface area contributed by atoms with Crippen LogP contribution in [0.5, 0.6) is 0 Å². The Hall–Kier alpha value is -5.70. The van der Waals surface area contributed by atoms with Crippen molar-refractivity contribution in [1.29, 1.82) is 0 Å². The molecule has 9 heteroatoms. The summed E-state index contributed by atoms with van der Waals surface area (Å²) in [5.41, 5.74) is 11.4. The molecule has 4 aromatic carbocycles. The van der Waals surface area contributed by atoms with Crippen LogP contribution in [-0.2, 0) is 45.1 Å². The van der Waals surface area contributed by atoms with Crippen molar-refractivity contribution in [2.75, 3.05) is 6.54 Å². The second kappa shape index (κ2) is 21.4. The molecule has 9 nitrogen and oxygen atoms in total. The molecule has 0 radical (unpaired) electrons. The first-order valence-corrected chi connectivity index (χ1v) is 20.0. The van der Waals surface area contributed by atoms with Gasteiger partial charge in [-0.3, -0.25) is 19.2 Å². The zero-order valence-corrected chi connectivity index (χ0v) is 32.8. The fourth-order valence-electron chi connectivity index (χ4n) is 7.11. The minimum atomic E-state index is -0.968. The Morgan fingerprint density at radius 3 is 2.07 bits per heavy atom. The number of esters is 1. The topological polar surface area (TPSA) is 124 Å². The summed E-state index contributed by atoms with van der Waals surface area (Å²) in [6.45, 7) is 5.34. The molecule has 0 spiro atoms. The van der Waals surface area contributed by atoms with Crippen LogP contribution in [0.1, 0.15) is 97.8 Å². The largest absolute Gasteiger partial charge is 0.461 e. The Balaban J connectivity index is 1.41. The average Bonchev–Trinajstić information content (AvgIpc) is 3.58. The third kappa shape index (κ3) is 12.2. The number of amides is 3. The molecule has 1 heterocycles. The number of primary amides is 1. The van der Waals surface area contributed by atoms with Gasteiger partial charge in [0.25, 0.3) is 5.91 Å². The molecule has 294 valence electrons. The van der Waals surface area contributed by atoms with E-state index in [0.717, 1.165) is 53.3 Å². The maximum absolute atomic E-state index is 14.8. The van der Waals surface area contributed by atoms with Gasteiger partial charge in [-0.05, 0) is 66.8 Å². The lowest BCUT2D eigenvalue weighted by Gasteiger charge is -2.34. The van der Waals surface area contributed by atoms with Crippen molar-refractivity contribution >= 4 is 34.6 Å². The first-order valence-electron chi connectivity index (χ1n) is 20.0. The zero-order valence-electron chi connectivity index (χ0n) is 32.8. The molecule has 2 atom stereocenters. The second-order valence-corrected chi connectivity index (χ2v) is 14.6. The number of carbonyl (C=O) groups excluding carboxylic acids is 4. The number of aryl methyl sites for hydroxylation is 1. The average molecular weight is 757 g/mol. The number of aromatic nitrogens is 1. The van der Waals surface area contributed by atoms with Crippen LogP contribution in [0.15, 0.2) is 115 Å². The Kier molecular flexibility index (Phi) is 15.8. The van der Waals surface area contributed by atoms with Gasteiger partial charge in [0, 0.05) is 49.1 Å². The molecule has 56 heavy (non-hydrogen) atoms. The number of nitrogens with one attached hydrogen (secondary N) is 1. The third-order valence-electron chi connectivity index (χ3n) is 10.2. The summed E-state index contributed by atoms with van der Waals surface area (Å²) in [6.07, 6.45) is 7.58. The summed E-state index contributed by atoms with van der Waals surface area (Å²) >= 11 is 0. The Bertz CT molecular complexity index is 2010. The summed E-state index contributed by atoms with van der Waals surface area (Å²) in [5, 5.41) is 3.85. The summed E-state index contributed by atoms with van der Waals surface area (Å²) in [4.78, 5) is 56.3.